The summed E-state index contributed by atoms with van der Waals surface area (Å²) in [5.74, 6) is -0.499. The number of nitrogens with one attached hydrogen (secondary N) is 1. The molecule has 2 rings (SSSR count). The topological polar surface area (TPSA) is 89.9 Å². The predicted molar refractivity (Wildman–Crippen MR) is 77.2 cm³/mol. The second-order valence-electron chi connectivity index (χ2n) is 5.33. The molecule has 0 spiro atoms. The number of hydrogen-bond donors (Lipinski definition) is 3. The van der Waals surface area contributed by atoms with E-state index >= 15 is 0 Å². The molecule has 0 bridgehead atoms. The molecular weight excluding hydrogens is 272 g/mol. The molecule has 0 saturated carbocycles. The summed E-state index contributed by atoms with van der Waals surface area (Å²) in [5.41, 5.74) is 0.562. The molecule has 1 saturated heterocycles. The van der Waals surface area contributed by atoms with Crippen molar-refractivity contribution in [2.75, 3.05) is 26.2 Å². The Morgan fingerprint density at radius 3 is 2.67 bits per heavy atom. The Morgan fingerprint density at radius 1 is 1.29 bits per heavy atom. The van der Waals surface area contributed by atoms with Crippen molar-refractivity contribution in [3.05, 3.63) is 29.8 Å². The van der Waals surface area contributed by atoms with E-state index in [4.69, 9.17) is 5.11 Å². The van der Waals surface area contributed by atoms with Crippen LogP contribution in [-0.2, 0) is 4.79 Å². The number of carboxylic acids is 1. The number of phenols is 1. The number of carbonyl (C=O) groups excluding carboxylic acids is 1. The summed E-state index contributed by atoms with van der Waals surface area (Å²) in [7, 11) is 0. The summed E-state index contributed by atoms with van der Waals surface area (Å²) >= 11 is 0. The fourth-order valence-corrected chi connectivity index (χ4v) is 2.59. The van der Waals surface area contributed by atoms with E-state index in [0.717, 1.165) is 19.4 Å². The van der Waals surface area contributed by atoms with Crippen LogP contribution in [0.15, 0.2) is 24.3 Å². The molecule has 3 N–H and O–H groups in total. The molecule has 1 heterocycles. The molecule has 0 aromatic heterocycles. The Morgan fingerprint density at radius 2 is 2.00 bits per heavy atom. The fourth-order valence-electron chi connectivity index (χ4n) is 2.59. The predicted octanol–water partition coefficient (Wildman–Crippen LogP) is 0.919. The van der Waals surface area contributed by atoms with Crippen LogP contribution in [0.4, 0.5) is 0 Å². The lowest BCUT2D eigenvalue weighted by Gasteiger charge is -2.33. The number of likely N-dealkylation sites (tertiary alicyclic amines) is 1. The van der Waals surface area contributed by atoms with Gasteiger partial charge in [-0.3, -0.25) is 9.59 Å². The minimum absolute atomic E-state index is 0.0436. The van der Waals surface area contributed by atoms with Crippen molar-refractivity contribution >= 4 is 11.9 Å². The molecule has 1 aliphatic rings. The zero-order valence-electron chi connectivity index (χ0n) is 11.8. The number of benzene rings is 1. The molecule has 6 nitrogen and oxygen atoms in total. The standard InChI is InChI=1S/C15H20N2O4/c18-13-5-3-12(4-6-13)15(21)17-7-1-2-11(10-17)8-16-9-14(19)20/h3-6,11,16,18H,1-2,7-10H2,(H,19,20). The van der Waals surface area contributed by atoms with Crippen molar-refractivity contribution in [2.24, 2.45) is 5.92 Å². The molecule has 21 heavy (non-hydrogen) atoms. The van der Waals surface area contributed by atoms with Crippen LogP contribution >= 0.6 is 0 Å². The van der Waals surface area contributed by atoms with Crippen molar-refractivity contribution in [3.8, 4) is 5.75 Å². The van der Waals surface area contributed by atoms with Gasteiger partial charge in [0.25, 0.3) is 5.91 Å². The van der Waals surface area contributed by atoms with Crippen LogP contribution in [0.1, 0.15) is 23.2 Å². The molecule has 1 atom stereocenters. The van der Waals surface area contributed by atoms with Gasteiger partial charge < -0.3 is 20.4 Å². The monoisotopic (exact) mass is 292 g/mol. The van der Waals surface area contributed by atoms with Crippen LogP contribution in [0.5, 0.6) is 5.75 Å². The Labute approximate surface area is 123 Å². The van der Waals surface area contributed by atoms with Crippen molar-refractivity contribution in [2.45, 2.75) is 12.8 Å². The van der Waals surface area contributed by atoms with Gasteiger partial charge in [-0.05, 0) is 43.0 Å². The first-order valence-corrected chi connectivity index (χ1v) is 7.07. The summed E-state index contributed by atoms with van der Waals surface area (Å²) in [6.07, 6.45) is 1.91. The summed E-state index contributed by atoms with van der Waals surface area (Å²) in [4.78, 5) is 24.6. The summed E-state index contributed by atoms with van der Waals surface area (Å²) in [5, 5.41) is 20.7. The molecule has 1 aromatic rings. The first-order chi connectivity index (χ1) is 10.1. The van der Waals surface area contributed by atoms with E-state index in [1.165, 1.54) is 12.1 Å². The first-order valence-electron chi connectivity index (χ1n) is 7.07. The Balaban J connectivity index is 1.89. The highest BCUT2D eigenvalue weighted by Gasteiger charge is 2.24. The van der Waals surface area contributed by atoms with Crippen LogP contribution in [-0.4, -0.2) is 53.2 Å². The third-order valence-corrected chi connectivity index (χ3v) is 3.63. The van der Waals surface area contributed by atoms with Crippen molar-refractivity contribution in [3.63, 3.8) is 0 Å². The molecule has 1 unspecified atom stereocenters. The number of amides is 1. The van der Waals surface area contributed by atoms with Crippen molar-refractivity contribution in [1.29, 1.82) is 0 Å². The Kier molecular flexibility index (Phi) is 5.16. The largest absolute Gasteiger partial charge is 0.508 e. The van der Waals surface area contributed by atoms with E-state index in [1.54, 1.807) is 17.0 Å². The van der Waals surface area contributed by atoms with E-state index in [0.29, 0.717) is 18.7 Å². The highest BCUT2D eigenvalue weighted by Crippen LogP contribution is 2.19. The highest BCUT2D eigenvalue weighted by atomic mass is 16.4. The molecule has 1 aliphatic heterocycles. The minimum atomic E-state index is -0.872. The zero-order chi connectivity index (χ0) is 15.2. The lowest BCUT2D eigenvalue weighted by atomic mass is 9.97. The molecule has 0 radical (unpaired) electrons. The third-order valence-electron chi connectivity index (χ3n) is 3.63. The van der Waals surface area contributed by atoms with E-state index in [2.05, 4.69) is 5.32 Å². The van der Waals surface area contributed by atoms with E-state index < -0.39 is 5.97 Å². The number of carboxylic acid groups (broad SMARTS) is 1. The second-order valence-corrected chi connectivity index (χ2v) is 5.33. The molecule has 1 amide bonds. The number of piperidine rings is 1. The number of hydrogen-bond acceptors (Lipinski definition) is 4. The van der Waals surface area contributed by atoms with Gasteiger partial charge in [0.2, 0.25) is 0 Å². The van der Waals surface area contributed by atoms with Gasteiger partial charge in [0, 0.05) is 25.2 Å². The van der Waals surface area contributed by atoms with E-state index in [-0.39, 0.29) is 24.1 Å². The normalized spacial score (nSPS) is 18.5. The maximum atomic E-state index is 12.4. The number of carbonyl (C=O) groups is 2. The van der Waals surface area contributed by atoms with Gasteiger partial charge in [0.1, 0.15) is 5.75 Å². The first kappa shape index (κ1) is 15.3. The molecule has 114 valence electrons. The average molecular weight is 292 g/mol. The molecule has 1 aromatic carbocycles. The van der Waals surface area contributed by atoms with Gasteiger partial charge >= 0.3 is 5.97 Å². The summed E-state index contributed by atoms with van der Waals surface area (Å²) in [6.45, 7) is 1.90. The fraction of sp³-hybridized carbons (Fsp3) is 0.467. The van der Waals surface area contributed by atoms with Gasteiger partial charge in [-0.1, -0.05) is 0 Å². The Hall–Kier alpha value is -2.08. The van der Waals surface area contributed by atoms with Gasteiger partial charge in [0.15, 0.2) is 0 Å². The lowest BCUT2D eigenvalue weighted by Crippen LogP contribution is -2.43. The minimum Gasteiger partial charge on any atom is -0.508 e. The molecule has 0 aliphatic carbocycles. The van der Waals surface area contributed by atoms with Crippen LogP contribution in [0.25, 0.3) is 0 Å². The number of aliphatic carboxylic acids is 1. The van der Waals surface area contributed by atoms with Crippen LogP contribution in [0.3, 0.4) is 0 Å². The van der Waals surface area contributed by atoms with Gasteiger partial charge in [0.05, 0.1) is 6.54 Å². The third kappa shape index (κ3) is 4.46. The zero-order valence-corrected chi connectivity index (χ0v) is 11.8. The quantitative estimate of drug-likeness (QED) is 0.751. The average Bonchev–Trinajstić information content (AvgIpc) is 2.47. The number of rotatable bonds is 5. The van der Waals surface area contributed by atoms with Gasteiger partial charge in [-0.25, -0.2) is 0 Å². The van der Waals surface area contributed by atoms with Crippen molar-refractivity contribution < 1.29 is 19.8 Å². The van der Waals surface area contributed by atoms with Gasteiger partial charge in [-0.15, -0.1) is 0 Å². The summed E-state index contributed by atoms with van der Waals surface area (Å²) in [6, 6.07) is 6.24. The molecule has 1 fully saturated rings. The van der Waals surface area contributed by atoms with Crippen LogP contribution < -0.4 is 5.32 Å². The van der Waals surface area contributed by atoms with Gasteiger partial charge in [-0.2, -0.15) is 0 Å². The number of nitrogens with zero attached hydrogens (tertiary/aromatic N) is 1. The highest BCUT2D eigenvalue weighted by molar-refractivity contribution is 5.94. The maximum Gasteiger partial charge on any atom is 0.317 e. The number of aromatic hydroxyl groups is 1. The van der Waals surface area contributed by atoms with E-state index in [1.807, 2.05) is 0 Å². The summed E-state index contributed by atoms with van der Waals surface area (Å²) < 4.78 is 0. The molecule has 6 heteroatoms. The van der Waals surface area contributed by atoms with E-state index in [9.17, 15) is 14.7 Å². The van der Waals surface area contributed by atoms with Crippen LogP contribution in [0.2, 0.25) is 0 Å². The smallest absolute Gasteiger partial charge is 0.317 e. The Bertz CT molecular complexity index is 501. The maximum absolute atomic E-state index is 12.4. The lowest BCUT2D eigenvalue weighted by molar-refractivity contribution is -0.136. The number of phenolic OH excluding ortho intramolecular Hbond substituents is 1. The second kappa shape index (κ2) is 7.08. The molecular formula is C15H20N2O4. The SMILES string of the molecule is O=C(O)CNCC1CCCN(C(=O)c2ccc(O)cc2)C1. The van der Waals surface area contributed by atoms with Crippen LogP contribution in [0, 0.1) is 5.92 Å². The van der Waals surface area contributed by atoms with Crippen molar-refractivity contribution in [1.82, 2.24) is 10.2 Å².